The van der Waals surface area contributed by atoms with Gasteiger partial charge in [-0.15, -0.1) is 0 Å². The predicted octanol–water partition coefficient (Wildman–Crippen LogP) is 4.60. The molecule has 0 fully saturated rings. The fourth-order valence-electron chi connectivity index (χ4n) is 2.41. The van der Waals surface area contributed by atoms with Crippen LogP contribution in [-0.2, 0) is 0 Å². The monoisotopic (exact) mass is 311 g/mol. The van der Waals surface area contributed by atoms with Crippen molar-refractivity contribution >= 4 is 27.7 Å². The summed E-state index contributed by atoms with van der Waals surface area (Å²) >= 11 is 5.75. The maximum absolute atomic E-state index is 11.8. The van der Waals surface area contributed by atoms with E-state index in [2.05, 4.69) is 4.98 Å². The summed E-state index contributed by atoms with van der Waals surface area (Å²) in [4.78, 5) is 16.4. The molecule has 0 bridgehead atoms. The van der Waals surface area contributed by atoms with Crippen LogP contribution >= 0.6 is 11.6 Å². The molecular formula is C18H14ClNO2. The molecule has 0 saturated carbocycles. The van der Waals surface area contributed by atoms with Crippen LogP contribution in [0, 0.1) is 6.92 Å². The molecular weight excluding hydrogens is 298 g/mol. The van der Waals surface area contributed by atoms with E-state index >= 15 is 0 Å². The second-order valence-electron chi connectivity index (χ2n) is 5.08. The van der Waals surface area contributed by atoms with Crippen molar-refractivity contribution in [1.82, 2.24) is 4.98 Å². The van der Waals surface area contributed by atoms with Crippen LogP contribution in [-0.4, -0.2) is 17.3 Å². The van der Waals surface area contributed by atoms with Gasteiger partial charge in [0.2, 0.25) is 0 Å². The molecule has 2 aromatic carbocycles. The number of fused-ring (bicyclic) bond motifs is 1. The minimum atomic E-state index is -0.479. The number of hydrogen-bond acceptors (Lipinski definition) is 3. The number of carbonyl (C=O) groups is 1. The molecule has 0 aliphatic carbocycles. The Labute approximate surface area is 133 Å². The first-order valence-electron chi connectivity index (χ1n) is 6.84. The highest BCUT2D eigenvalue weighted by atomic mass is 35.5. The number of hydrogen-bond donors (Lipinski definition) is 0. The quantitative estimate of drug-likeness (QED) is 0.664. The Morgan fingerprint density at radius 3 is 2.45 bits per heavy atom. The summed E-state index contributed by atoms with van der Waals surface area (Å²) in [5.74, 6) is 0.772. The summed E-state index contributed by atoms with van der Waals surface area (Å²) in [7, 11) is 1.62. The van der Waals surface area contributed by atoms with Crippen molar-refractivity contribution < 1.29 is 9.53 Å². The SMILES string of the molecule is COc1ccc(-c2cc(C(=O)Cl)c3cc(C)ccc3n2)cc1. The van der Waals surface area contributed by atoms with E-state index in [1.807, 2.05) is 49.4 Å². The summed E-state index contributed by atoms with van der Waals surface area (Å²) in [6.45, 7) is 1.97. The number of halogens is 1. The predicted molar refractivity (Wildman–Crippen MR) is 88.7 cm³/mol. The van der Waals surface area contributed by atoms with Crippen LogP contribution in [0.25, 0.3) is 22.2 Å². The second-order valence-corrected chi connectivity index (χ2v) is 5.42. The third-order valence-corrected chi connectivity index (χ3v) is 3.77. The highest BCUT2D eigenvalue weighted by Crippen LogP contribution is 2.27. The Balaban J connectivity index is 2.21. The van der Waals surface area contributed by atoms with Gasteiger partial charge in [-0.3, -0.25) is 4.79 Å². The highest BCUT2D eigenvalue weighted by Gasteiger charge is 2.12. The number of aryl methyl sites for hydroxylation is 1. The largest absolute Gasteiger partial charge is 0.497 e. The first-order valence-corrected chi connectivity index (χ1v) is 7.22. The summed E-state index contributed by atoms with van der Waals surface area (Å²) in [6, 6.07) is 15.1. The number of methoxy groups -OCH3 is 1. The molecule has 0 atom stereocenters. The zero-order chi connectivity index (χ0) is 15.7. The standard InChI is InChI=1S/C18H14ClNO2/c1-11-3-8-16-14(9-11)15(18(19)21)10-17(20-16)12-4-6-13(22-2)7-5-12/h3-10H,1-2H3. The van der Waals surface area contributed by atoms with Gasteiger partial charge < -0.3 is 4.74 Å². The lowest BCUT2D eigenvalue weighted by molar-refractivity contribution is 0.108. The van der Waals surface area contributed by atoms with Gasteiger partial charge >= 0.3 is 0 Å². The van der Waals surface area contributed by atoms with Crippen LogP contribution in [0.3, 0.4) is 0 Å². The van der Waals surface area contributed by atoms with E-state index in [4.69, 9.17) is 16.3 Å². The molecule has 3 aromatic rings. The number of benzene rings is 2. The minimum Gasteiger partial charge on any atom is -0.497 e. The Kier molecular flexibility index (Phi) is 3.82. The van der Waals surface area contributed by atoms with Gasteiger partial charge in [-0.25, -0.2) is 4.98 Å². The van der Waals surface area contributed by atoms with Crippen molar-refractivity contribution in [3.8, 4) is 17.0 Å². The summed E-state index contributed by atoms with van der Waals surface area (Å²) in [6.07, 6.45) is 0. The molecule has 0 radical (unpaired) electrons. The minimum absolute atomic E-state index is 0.473. The number of pyridine rings is 1. The van der Waals surface area contributed by atoms with Gasteiger partial charge in [0.15, 0.2) is 0 Å². The molecule has 0 unspecified atom stereocenters. The summed E-state index contributed by atoms with van der Waals surface area (Å²) in [5.41, 5.74) is 3.90. The molecule has 0 N–H and O–H groups in total. The molecule has 1 aromatic heterocycles. The topological polar surface area (TPSA) is 39.2 Å². The van der Waals surface area contributed by atoms with Crippen molar-refractivity contribution in [3.63, 3.8) is 0 Å². The maximum Gasteiger partial charge on any atom is 0.253 e. The van der Waals surface area contributed by atoms with Crippen molar-refractivity contribution in [3.05, 3.63) is 59.7 Å². The third-order valence-electron chi connectivity index (χ3n) is 3.56. The molecule has 4 heteroatoms. The number of rotatable bonds is 3. The first kappa shape index (κ1) is 14.5. The lowest BCUT2D eigenvalue weighted by atomic mass is 10.0. The average molecular weight is 312 g/mol. The van der Waals surface area contributed by atoms with Crippen LogP contribution in [0.5, 0.6) is 5.75 Å². The van der Waals surface area contributed by atoms with Crippen LogP contribution in [0.15, 0.2) is 48.5 Å². The van der Waals surface area contributed by atoms with E-state index in [1.54, 1.807) is 13.2 Å². The fourth-order valence-corrected chi connectivity index (χ4v) is 2.57. The summed E-state index contributed by atoms with van der Waals surface area (Å²) in [5, 5.41) is 0.296. The van der Waals surface area contributed by atoms with Crippen LogP contribution < -0.4 is 4.74 Å². The normalized spacial score (nSPS) is 10.7. The van der Waals surface area contributed by atoms with Gasteiger partial charge in [-0.05, 0) is 61.0 Å². The van der Waals surface area contributed by atoms with E-state index < -0.39 is 5.24 Å². The summed E-state index contributed by atoms with van der Waals surface area (Å²) < 4.78 is 5.15. The van der Waals surface area contributed by atoms with Crippen LogP contribution in [0.2, 0.25) is 0 Å². The first-order chi connectivity index (χ1) is 10.6. The molecule has 0 amide bonds. The molecule has 1 heterocycles. The van der Waals surface area contributed by atoms with Crippen molar-refractivity contribution in [2.75, 3.05) is 7.11 Å². The molecule has 0 spiro atoms. The third kappa shape index (κ3) is 2.68. The number of aromatic nitrogens is 1. The van der Waals surface area contributed by atoms with Gasteiger partial charge in [0.25, 0.3) is 5.24 Å². The number of nitrogens with zero attached hydrogens (tertiary/aromatic N) is 1. The highest BCUT2D eigenvalue weighted by molar-refractivity contribution is 6.68. The van der Waals surface area contributed by atoms with Crippen LogP contribution in [0.4, 0.5) is 0 Å². The Hall–Kier alpha value is -2.39. The van der Waals surface area contributed by atoms with Crippen molar-refractivity contribution in [1.29, 1.82) is 0 Å². The lowest BCUT2D eigenvalue weighted by Gasteiger charge is -2.08. The van der Waals surface area contributed by atoms with Crippen LogP contribution in [0.1, 0.15) is 15.9 Å². The van der Waals surface area contributed by atoms with E-state index in [0.717, 1.165) is 27.8 Å². The zero-order valence-corrected chi connectivity index (χ0v) is 13.0. The molecule has 0 aliphatic heterocycles. The van der Waals surface area contributed by atoms with E-state index in [-0.39, 0.29) is 0 Å². The van der Waals surface area contributed by atoms with E-state index in [0.29, 0.717) is 11.3 Å². The van der Waals surface area contributed by atoms with Crippen molar-refractivity contribution in [2.45, 2.75) is 6.92 Å². The van der Waals surface area contributed by atoms with Gasteiger partial charge in [-0.2, -0.15) is 0 Å². The van der Waals surface area contributed by atoms with Crippen molar-refractivity contribution in [2.24, 2.45) is 0 Å². The van der Waals surface area contributed by atoms with Gasteiger partial charge in [0.1, 0.15) is 5.75 Å². The molecule has 3 nitrogen and oxygen atoms in total. The maximum atomic E-state index is 11.8. The van der Waals surface area contributed by atoms with Gasteiger partial charge in [0.05, 0.1) is 18.3 Å². The van der Waals surface area contributed by atoms with E-state index in [1.165, 1.54) is 0 Å². The van der Waals surface area contributed by atoms with E-state index in [9.17, 15) is 4.79 Å². The molecule has 110 valence electrons. The molecule has 0 aliphatic rings. The average Bonchev–Trinajstić information content (AvgIpc) is 2.53. The molecule has 22 heavy (non-hydrogen) atoms. The lowest BCUT2D eigenvalue weighted by Crippen LogP contribution is -1.96. The Bertz CT molecular complexity index is 857. The number of carbonyl (C=O) groups excluding carboxylic acids is 1. The Morgan fingerprint density at radius 1 is 1.09 bits per heavy atom. The Morgan fingerprint density at radius 2 is 1.82 bits per heavy atom. The second kappa shape index (κ2) is 5.78. The molecule has 0 saturated heterocycles. The number of ether oxygens (including phenoxy) is 1. The molecule has 3 rings (SSSR count). The fraction of sp³-hybridized carbons (Fsp3) is 0.111. The zero-order valence-electron chi connectivity index (χ0n) is 12.3. The smallest absolute Gasteiger partial charge is 0.253 e. The van der Waals surface area contributed by atoms with Gasteiger partial charge in [-0.1, -0.05) is 11.6 Å². The van der Waals surface area contributed by atoms with Gasteiger partial charge in [0, 0.05) is 16.5 Å².